The third kappa shape index (κ3) is 4.06. The summed E-state index contributed by atoms with van der Waals surface area (Å²) in [7, 11) is -3.11. The molecule has 0 aromatic carbocycles. The van der Waals surface area contributed by atoms with Gasteiger partial charge in [0, 0.05) is 13.1 Å². The molecule has 1 rings (SSSR count). The molecule has 4 nitrogen and oxygen atoms in total. The van der Waals surface area contributed by atoms with Crippen LogP contribution in [-0.2, 0) is 10.0 Å². The number of sulfonamides is 1. The molecule has 5 heteroatoms. The molecule has 1 aliphatic carbocycles. The highest BCUT2D eigenvalue weighted by Gasteiger charge is 2.28. The fourth-order valence-corrected chi connectivity index (χ4v) is 2.29. The molecule has 0 aromatic rings. The lowest BCUT2D eigenvalue weighted by molar-refractivity contribution is 0.492. The van der Waals surface area contributed by atoms with Gasteiger partial charge in [0.1, 0.15) is 0 Å². The minimum atomic E-state index is -3.11. The van der Waals surface area contributed by atoms with E-state index in [1.165, 1.54) is 12.8 Å². The molecule has 0 aromatic heterocycles. The number of nitrogens with two attached hydrogens (primary N) is 1. The fourth-order valence-electron chi connectivity index (χ4n) is 1.32. The number of hydrogen-bond acceptors (Lipinski definition) is 3. The third-order valence-corrected chi connectivity index (χ3v) is 3.82. The van der Waals surface area contributed by atoms with Gasteiger partial charge in [-0.2, -0.15) is 0 Å². The van der Waals surface area contributed by atoms with Crippen molar-refractivity contribution in [1.29, 1.82) is 0 Å². The van der Waals surface area contributed by atoms with E-state index >= 15 is 0 Å². The molecule has 0 bridgehead atoms. The van der Waals surface area contributed by atoms with Gasteiger partial charge in [0.25, 0.3) is 0 Å². The average Bonchev–Trinajstić information content (AvgIpc) is 2.82. The molecule has 1 saturated carbocycles. The summed E-state index contributed by atoms with van der Waals surface area (Å²) in [5.41, 5.74) is 5.17. The quantitative estimate of drug-likeness (QED) is 0.638. The van der Waals surface area contributed by atoms with Crippen molar-refractivity contribution in [2.45, 2.75) is 19.8 Å². The van der Waals surface area contributed by atoms with E-state index in [4.69, 9.17) is 5.73 Å². The van der Waals surface area contributed by atoms with Crippen molar-refractivity contribution < 1.29 is 8.42 Å². The molecule has 1 atom stereocenters. The summed E-state index contributed by atoms with van der Waals surface area (Å²) < 4.78 is 24.9. The molecule has 1 fully saturated rings. The van der Waals surface area contributed by atoms with Crippen LogP contribution in [0.4, 0.5) is 0 Å². The monoisotopic (exact) mass is 206 g/mol. The molecule has 1 aliphatic rings. The Morgan fingerprint density at radius 2 is 2.15 bits per heavy atom. The molecule has 0 saturated heterocycles. The molecular formula is C8H18N2O2S. The number of rotatable bonds is 6. The van der Waals surface area contributed by atoms with E-state index in [1.807, 2.05) is 0 Å². The molecule has 78 valence electrons. The Kier molecular flexibility index (Phi) is 3.70. The summed E-state index contributed by atoms with van der Waals surface area (Å²) in [4.78, 5) is 0. The van der Waals surface area contributed by atoms with Crippen LogP contribution in [-0.4, -0.2) is 27.3 Å². The van der Waals surface area contributed by atoms with Crippen LogP contribution in [0.15, 0.2) is 0 Å². The first kappa shape index (κ1) is 10.9. The van der Waals surface area contributed by atoms with Crippen LogP contribution in [0.2, 0.25) is 0 Å². The first-order chi connectivity index (χ1) is 6.05. The third-order valence-electron chi connectivity index (χ3n) is 2.44. The lowest BCUT2D eigenvalue weighted by atomic mass is 10.1. The molecule has 13 heavy (non-hydrogen) atoms. The van der Waals surface area contributed by atoms with Gasteiger partial charge in [0.15, 0.2) is 0 Å². The van der Waals surface area contributed by atoms with E-state index in [0.717, 1.165) is 5.92 Å². The highest BCUT2D eigenvalue weighted by atomic mass is 32.2. The molecule has 0 radical (unpaired) electrons. The first-order valence-corrected chi connectivity index (χ1v) is 6.38. The van der Waals surface area contributed by atoms with Gasteiger partial charge in [-0.05, 0) is 24.7 Å². The van der Waals surface area contributed by atoms with Gasteiger partial charge in [-0.1, -0.05) is 6.92 Å². The maximum absolute atomic E-state index is 11.2. The molecule has 0 heterocycles. The SMILES string of the molecule is CC(CNS(=O)(=O)CCN)C1CC1. The van der Waals surface area contributed by atoms with Gasteiger partial charge in [-0.3, -0.25) is 0 Å². The highest BCUT2D eigenvalue weighted by Crippen LogP contribution is 2.36. The summed E-state index contributed by atoms with van der Waals surface area (Å²) in [5.74, 6) is 1.23. The second-order valence-corrected chi connectivity index (χ2v) is 5.70. The Hall–Kier alpha value is -0.130. The average molecular weight is 206 g/mol. The van der Waals surface area contributed by atoms with E-state index in [2.05, 4.69) is 11.6 Å². The van der Waals surface area contributed by atoms with Gasteiger partial charge in [0.05, 0.1) is 5.75 Å². The van der Waals surface area contributed by atoms with E-state index in [-0.39, 0.29) is 12.3 Å². The van der Waals surface area contributed by atoms with Crippen LogP contribution in [0.5, 0.6) is 0 Å². The van der Waals surface area contributed by atoms with Crippen molar-refractivity contribution >= 4 is 10.0 Å². The van der Waals surface area contributed by atoms with Gasteiger partial charge >= 0.3 is 0 Å². The van der Waals surface area contributed by atoms with Crippen LogP contribution in [0.25, 0.3) is 0 Å². The van der Waals surface area contributed by atoms with E-state index in [9.17, 15) is 8.42 Å². The predicted molar refractivity (Wildman–Crippen MR) is 52.7 cm³/mol. The maximum atomic E-state index is 11.2. The standard InChI is InChI=1S/C8H18N2O2S/c1-7(8-2-3-8)6-10-13(11,12)5-4-9/h7-8,10H,2-6,9H2,1H3. The van der Waals surface area contributed by atoms with Crippen LogP contribution < -0.4 is 10.5 Å². The van der Waals surface area contributed by atoms with E-state index in [1.54, 1.807) is 0 Å². The van der Waals surface area contributed by atoms with Gasteiger partial charge in [0.2, 0.25) is 10.0 Å². The Morgan fingerprint density at radius 3 is 2.62 bits per heavy atom. The first-order valence-electron chi connectivity index (χ1n) is 4.72. The Labute approximate surface area is 79.9 Å². The van der Waals surface area contributed by atoms with E-state index < -0.39 is 10.0 Å². The fraction of sp³-hybridized carbons (Fsp3) is 1.00. The zero-order chi connectivity index (χ0) is 9.90. The normalized spacial score (nSPS) is 20.2. The summed E-state index contributed by atoms with van der Waals surface area (Å²) in [6.45, 7) is 2.84. The van der Waals surface area contributed by atoms with Crippen molar-refractivity contribution in [2.24, 2.45) is 17.6 Å². The zero-order valence-electron chi connectivity index (χ0n) is 7.99. The second-order valence-electron chi connectivity index (χ2n) is 3.77. The molecule has 0 spiro atoms. The zero-order valence-corrected chi connectivity index (χ0v) is 8.81. The second kappa shape index (κ2) is 4.39. The largest absolute Gasteiger partial charge is 0.329 e. The minimum absolute atomic E-state index is 0.0321. The molecule has 0 amide bonds. The molecule has 3 N–H and O–H groups in total. The van der Waals surface area contributed by atoms with Crippen LogP contribution in [0.3, 0.4) is 0 Å². The van der Waals surface area contributed by atoms with Crippen LogP contribution in [0, 0.1) is 11.8 Å². The maximum Gasteiger partial charge on any atom is 0.212 e. The predicted octanol–water partition coefficient (Wildman–Crippen LogP) is -0.0894. The van der Waals surface area contributed by atoms with Gasteiger partial charge < -0.3 is 5.73 Å². The minimum Gasteiger partial charge on any atom is -0.329 e. The van der Waals surface area contributed by atoms with Crippen molar-refractivity contribution in [1.82, 2.24) is 4.72 Å². The van der Waals surface area contributed by atoms with Crippen LogP contribution in [0.1, 0.15) is 19.8 Å². The van der Waals surface area contributed by atoms with Crippen molar-refractivity contribution in [3.05, 3.63) is 0 Å². The highest BCUT2D eigenvalue weighted by molar-refractivity contribution is 7.89. The summed E-state index contributed by atoms with van der Waals surface area (Å²) >= 11 is 0. The molecule has 0 aliphatic heterocycles. The Morgan fingerprint density at radius 1 is 1.54 bits per heavy atom. The summed E-state index contributed by atoms with van der Waals surface area (Å²) in [6.07, 6.45) is 2.50. The van der Waals surface area contributed by atoms with E-state index in [0.29, 0.717) is 12.5 Å². The van der Waals surface area contributed by atoms with Crippen molar-refractivity contribution in [3.8, 4) is 0 Å². The van der Waals surface area contributed by atoms with Crippen molar-refractivity contribution in [2.75, 3.05) is 18.8 Å². The molecule has 1 unspecified atom stereocenters. The van der Waals surface area contributed by atoms with Crippen LogP contribution >= 0.6 is 0 Å². The lowest BCUT2D eigenvalue weighted by Crippen LogP contribution is -2.33. The van der Waals surface area contributed by atoms with Gasteiger partial charge in [-0.25, -0.2) is 13.1 Å². The smallest absolute Gasteiger partial charge is 0.212 e. The topological polar surface area (TPSA) is 72.2 Å². The van der Waals surface area contributed by atoms with Crippen molar-refractivity contribution in [3.63, 3.8) is 0 Å². The Bertz CT molecular complexity index is 247. The summed E-state index contributed by atoms with van der Waals surface area (Å²) in [5, 5.41) is 0. The van der Waals surface area contributed by atoms with Gasteiger partial charge in [-0.15, -0.1) is 0 Å². The number of hydrogen-bond donors (Lipinski definition) is 2. The molecular weight excluding hydrogens is 188 g/mol. The lowest BCUT2D eigenvalue weighted by Gasteiger charge is -2.10. The number of nitrogens with one attached hydrogen (secondary N) is 1. The Balaban J connectivity index is 2.23. The summed E-state index contributed by atoms with van der Waals surface area (Å²) in [6, 6.07) is 0.